The van der Waals surface area contributed by atoms with Crippen molar-refractivity contribution in [1.82, 2.24) is 24.6 Å². The summed E-state index contributed by atoms with van der Waals surface area (Å²) in [6.07, 6.45) is 1.30. The van der Waals surface area contributed by atoms with Gasteiger partial charge in [0.2, 0.25) is 0 Å². The average molecular weight is 648 g/mol. The summed E-state index contributed by atoms with van der Waals surface area (Å²) < 4.78 is 8.20. The molecule has 196 valence electrons. The molecule has 1 amide bonds. The van der Waals surface area contributed by atoms with Gasteiger partial charge in [0, 0.05) is 28.5 Å². The highest BCUT2D eigenvalue weighted by Crippen LogP contribution is 2.50. The molecule has 6 rings (SSSR count). The fraction of sp³-hybridized carbons (Fsp3) is 0.172. The van der Waals surface area contributed by atoms with Gasteiger partial charge in [0.1, 0.15) is 10.0 Å². The number of benzene rings is 3. The normalized spacial score (nSPS) is 17.4. The molecule has 1 aliphatic rings. The maximum atomic E-state index is 11.7. The van der Waals surface area contributed by atoms with E-state index in [4.69, 9.17) is 14.8 Å². The summed E-state index contributed by atoms with van der Waals surface area (Å²) in [7, 11) is -2.54. The van der Waals surface area contributed by atoms with E-state index >= 15 is 0 Å². The first-order valence-electron chi connectivity index (χ1n) is 12.7. The van der Waals surface area contributed by atoms with Crippen molar-refractivity contribution in [2.75, 3.05) is 6.54 Å². The van der Waals surface area contributed by atoms with Gasteiger partial charge in [-0.2, -0.15) is 5.10 Å². The van der Waals surface area contributed by atoms with Crippen molar-refractivity contribution in [1.29, 1.82) is 0 Å². The van der Waals surface area contributed by atoms with Crippen LogP contribution in [0.25, 0.3) is 11.0 Å². The van der Waals surface area contributed by atoms with Crippen LogP contribution in [0.15, 0.2) is 102 Å². The van der Waals surface area contributed by atoms with Gasteiger partial charge in [0.05, 0.1) is 18.5 Å². The highest BCUT2D eigenvalue weighted by molar-refractivity contribution is 14.1. The molecule has 3 aromatic carbocycles. The number of hydrogen-bond acceptors (Lipinski definition) is 5. The number of fused-ring (bicyclic) bond motifs is 1. The maximum absolute atomic E-state index is 11.7. The van der Waals surface area contributed by atoms with E-state index in [9.17, 15) is 9.90 Å². The molecule has 1 fully saturated rings. The molecule has 0 radical (unpaired) electrons. The van der Waals surface area contributed by atoms with Crippen molar-refractivity contribution in [3.05, 3.63) is 101 Å². The second-order valence-corrected chi connectivity index (χ2v) is 13.6. The highest BCUT2D eigenvalue weighted by Gasteiger charge is 2.36. The Morgan fingerprint density at radius 1 is 0.923 bits per heavy atom. The number of hydrogen-bond donors (Lipinski definition) is 1. The molecule has 3 heterocycles. The van der Waals surface area contributed by atoms with E-state index in [0.717, 1.165) is 25.0 Å². The lowest BCUT2D eigenvalue weighted by molar-refractivity contribution is 0.142. The number of nitrogens with zero attached hydrogens (tertiary/aromatic N) is 6. The Balaban J connectivity index is 1.63. The summed E-state index contributed by atoms with van der Waals surface area (Å²) >= 11 is 2.22. The topological polar surface area (TPSA) is 96.5 Å². The third-order valence-electron chi connectivity index (χ3n) is 7.20. The van der Waals surface area contributed by atoms with Crippen LogP contribution < -0.4 is 15.9 Å². The second kappa shape index (κ2) is 10.5. The zero-order chi connectivity index (χ0) is 27.0. The standard InChI is InChI=1S/C29H26IN6O2P/c1-20-17-21(18-35(20)29(37)38)36-28-25(26(30)33-36)27(31-19-32-28)34-39(22-11-5-2-6-12-22,23-13-7-3-8-14-23)24-15-9-4-10-16-24/h2-16,19-21H,17-18H2,1H3,(H,37,38). The molecule has 5 aromatic rings. The Hall–Kier alpha value is -3.56. The zero-order valence-corrected chi connectivity index (χ0v) is 24.2. The first-order valence-corrected chi connectivity index (χ1v) is 15.5. The number of carboxylic acid groups (broad SMARTS) is 1. The van der Waals surface area contributed by atoms with Crippen LogP contribution in [-0.4, -0.2) is 48.4 Å². The van der Waals surface area contributed by atoms with Gasteiger partial charge in [-0.3, -0.25) is 0 Å². The third kappa shape index (κ3) is 4.53. The van der Waals surface area contributed by atoms with Crippen molar-refractivity contribution in [2.24, 2.45) is 4.74 Å². The minimum atomic E-state index is -2.54. The van der Waals surface area contributed by atoms with Gasteiger partial charge >= 0.3 is 6.09 Å². The van der Waals surface area contributed by atoms with Crippen molar-refractivity contribution in [2.45, 2.75) is 25.4 Å². The molecule has 2 unspecified atom stereocenters. The Labute approximate surface area is 239 Å². The molecule has 0 saturated carbocycles. The summed E-state index contributed by atoms with van der Waals surface area (Å²) in [5.74, 6) is 0.585. The summed E-state index contributed by atoms with van der Waals surface area (Å²) in [5.41, 5.74) is 0.671. The van der Waals surface area contributed by atoms with Crippen molar-refractivity contribution < 1.29 is 9.90 Å². The summed E-state index contributed by atoms with van der Waals surface area (Å²) in [5, 5.41) is 18.6. The van der Waals surface area contributed by atoms with E-state index in [0.29, 0.717) is 24.4 Å². The minimum absolute atomic E-state index is 0.0942. The van der Waals surface area contributed by atoms with E-state index in [2.05, 4.69) is 100 Å². The van der Waals surface area contributed by atoms with Crippen LogP contribution in [-0.2, 0) is 0 Å². The van der Waals surface area contributed by atoms with E-state index in [1.807, 2.05) is 29.8 Å². The smallest absolute Gasteiger partial charge is 0.407 e. The SMILES string of the molecule is CC1CC(n2nc(I)c3c(N=P(c4ccccc4)(c4ccccc4)c4ccccc4)ncnc32)CN1C(=O)O. The van der Waals surface area contributed by atoms with Gasteiger partial charge in [-0.15, -0.1) is 0 Å². The predicted octanol–water partition coefficient (Wildman–Crippen LogP) is 5.55. The summed E-state index contributed by atoms with van der Waals surface area (Å²) in [6, 6.07) is 31.0. The first kappa shape index (κ1) is 25.7. The molecule has 10 heteroatoms. The average Bonchev–Trinajstić information content (AvgIpc) is 3.53. The van der Waals surface area contributed by atoms with Gasteiger partial charge in [0.25, 0.3) is 0 Å². The lowest BCUT2D eigenvalue weighted by Crippen LogP contribution is -2.32. The van der Waals surface area contributed by atoms with E-state index in [-0.39, 0.29) is 12.1 Å². The van der Waals surface area contributed by atoms with E-state index in [1.54, 1.807) is 6.33 Å². The van der Waals surface area contributed by atoms with Crippen LogP contribution >= 0.6 is 29.6 Å². The van der Waals surface area contributed by atoms with E-state index < -0.39 is 13.1 Å². The second-order valence-electron chi connectivity index (χ2n) is 9.55. The molecule has 2 aromatic heterocycles. The molecule has 8 nitrogen and oxygen atoms in total. The monoisotopic (exact) mass is 648 g/mol. The maximum Gasteiger partial charge on any atom is 0.407 e. The molecule has 1 aliphatic heterocycles. The molecule has 0 bridgehead atoms. The van der Waals surface area contributed by atoms with Gasteiger partial charge in [-0.25, -0.2) is 24.2 Å². The molecule has 0 spiro atoms. The van der Waals surface area contributed by atoms with Crippen LogP contribution in [0.5, 0.6) is 0 Å². The van der Waals surface area contributed by atoms with Gasteiger partial charge in [-0.05, 0) is 35.9 Å². The quantitative estimate of drug-likeness (QED) is 0.199. The molecule has 1 N–H and O–H groups in total. The number of halogens is 1. The van der Waals surface area contributed by atoms with Crippen molar-refractivity contribution >= 4 is 68.5 Å². The summed E-state index contributed by atoms with van der Waals surface area (Å²) in [6.45, 7) is 2.30. The zero-order valence-electron chi connectivity index (χ0n) is 21.2. The predicted molar refractivity (Wildman–Crippen MR) is 163 cm³/mol. The van der Waals surface area contributed by atoms with Crippen molar-refractivity contribution in [3.8, 4) is 0 Å². The minimum Gasteiger partial charge on any atom is -0.465 e. The lowest BCUT2D eigenvalue weighted by Gasteiger charge is -2.26. The molecule has 2 atom stereocenters. The highest BCUT2D eigenvalue weighted by atomic mass is 127. The van der Waals surface area contributed by atoms with Crippen LogP contribution in [0.3, 0.4) is 0 Å². The Kier molecular flexibility index (Phi) is 6.95. The number of amides is 1. The van der Waals surface area contributed by atoms with Crippen molar-refractivity contribution in [3.63, 3.8) is 0 Å². The van der Waals surface area contributed by atoms with Crippen LogP contribution in [0.2, 0.25) is 0 Å². The molecule has 39 heavy (non-hydrogen) atoms. The number of rotatable bonds is 5. The largest absolute Gasteiger partial charge is 0.465 e. The van der Waals surface area contributed by atoms with Crippen LogP contribution in [0, 0.1) is 3.70 Å². The van der Waals surface area contributed by atoms with Gasteiger partial charge < -0.3 is 10.0 Å². The Morgan fingerprint density at radius 2 is 1.46 bits per heavy atom. The fourth-order valence-electron chi connectivity index (χ4n) is 5.39. The molecule has 0 aliphatic carbocycles. The molecular weight excluding hydrogens is 622 g/mol. The number of carbonyl (C=O) groups is 1. The first-order chi connectivity index (χ1) is 19.0. The Morgan fingerprint density at radius 3 is 1.95 bits per heavy atom. The van der Waals surface area contributed by atoms with Crippen LogP contribution in [0.1, 0.15) is 19.4 Å². The number of aromatic nitrogens is 4. The number of likely N-dealkylation sites (tertiary alicyclic amines) is 1. The van der Waals surface area contributed by atoms with Gasteiger partial charge in [0.15, 0.2) is 11.5 Å². The third-order valence-corrected chi connectivity index (χ3v) is 11.6. The summed E-state index contributed by atoms with van der Waals surface area (Å²) in [4.78, 5) is 22.5. The van der Waals surface area contributed by atoms with Crippen LogP contribution in [0.4, 0.5) is 10.6 Å². The lowest BCUT2D eigenvalue weighted by atomic mass is 10.2. The fourth-order valence-corrected chi connectivity index (χ4v) is 9.59. The van der Waals surface area contributed by atoms with E-state index in [1.165, 1.54) is 4.90 Å². The molecular formula is C29H26IN6O2P. The Bertz CT molecular complexity index is 1590. The van der Waals surface area contributed by atoms with Gasteiger partial charge in [-0.1, -0.05) is 91.0 Å². The molecule has 1 saturated heterocycles.